The molecule has 0 aromatic heterocycles. The molecular weight excluding hydrogens is 244 g/mol. The van der Waals surface area contributed by atoms with Gasteiger partial charge in [0.2, 0.25) is 0 Å². The summed E-state index contributed by atoms with van der Waals surface area (Å²) < 4.78 is 27.2. The lowest BCUT2D eigenvalue weighted by atomic mass is 10.1. The topological polar surface area (TPSA) is 77.9 Å². The van der Waals surface area contributed by atoms with Gasteiger partial charge in [-0.2, -0.15) is 17.0 Å². The van der Waals surface area contributed by atoms with Gasteiger partial charge in [-0.1, -0.05) is 0 Å². The van der Waals surface area contributed by atoms with Gasteiger partial charge in [0, 0.05) is 19.6 Å². The molecule has 1 N–H and O–H groups in total. The maximum absolute atomic E-state index is 12.3. The van der Waals surface area contributed by atoms with E-state index >= 15 is 0 Å². The van der Waals surface area contributed by atoms with Crippen molar-refractivity contribution in [2.45, 2.75) is 38.1 Å². The second-order valence-corrected chi connectivity index (χ2v) is 6.46. The maximum atomic E-state index is 12.3. The number of nitrogens with zero attached hydrogens (tertiary/aromatic N) is 2. The standard InChI is InChI=1S/C10H18N2O4S/c13-10(14)9-5-1-2-8-12(9)17(15,16)11-6-3-4-7-11/h9H,1-8H2,(H,13,14). The van der Waals surface area contributed by atoms with Crippen LogP contribution in [0.5, 0.6) is 0 Å². The molecule has 0 radical (unpaired) electrons. The lowest BCUT2D eigenvalue weighted by Gasteiger charge is -2.34. The van der Waals surface area contributed by atoms with Crippen molar-refractivity contribution in [3.8, 4) is 0 Å². The molecule has 98 valence electrons. The zero-order valence-electron chi connectivity index (χ0n) is 9.71. The van der Waals surface area contributed by atoms with Crippen LogP contribution in [-0.4, -0.2) is 53.8 Å². The fourth-order valence-electron chi connectivity index (χ4n) is 2.50. The van der Waals surface area contributed by atoms with Crippen LogP contribution >= 0.6 is 0 Å². The van der Waals surface area contributed by atoms with E-state index in [1.54, 1.807) is 0 Å². The van der Waals surface area contributed by atoms with Crippen LogP contribution in [0.3, 0.4) is 0 Å². The molecule has 0 aromatic carbocycles. The van der Waals surface area contributed by atoms with Crippen LogP contribution in [-0.2, 0) is 15.0 Å². The first kappa shape index (κ1) is 12.8. The predicted molar refractivity (Wildman–Crippen MR) is 61.7 cm³/mol. The Labute approximate surface area is 101 Å². The molecule has 0 amide bonds. The minimum Gasteiger partial charge on any atom is -0.480 e. The van der Waals surface area contributed by atoms with Crippen LogP contribution in [0, 0.1) is 0 Å². The van der Waals surface area contributed by atoms with Gasteiger partial charge in [0.15, 0.2) is 0 Å². The summed E-state index contributed by atoms with van der Waals surface area (Å²) in [6.45, 7) is 1.37. The summed E-state index contributed by atoms with van der Waals surface area (Å²) in [5.74, 6) is -1.03. The van der Waals surface area contributed by atoms with Crippen LogP contribution in [0.15, 0.2) is 0 Å². The minimum atomic E-state index is -3.57. The average molecular weight is 262 g/mol. The molecule has 2 fully saturated rings. The molecule has 0 spiro atoms. The molecule has 0 aliphatic carbocycles. The van der Waals surface area contributed by atoms with Crippen LogP contribution in [0.25, 0.3) is 0 Å². The maximum Gasteiger partial charge on any atom is 0.322 e. The Hall–Kier alpha value is -0.660. The smallest absolute Gasteiger partial charge is 0.322 e. The van der Waals surface area contributed by atoms with Crippen molar-refractivity contribution < 1.29 is 18.3 Å². The summed E-state index contributed by atoms with van der Waals surface area (Å²) in [7, 11) is -3.57. The van der Waals surface area contributed by atoms with Crippen LogP contribution in [0.1, 0.15) is 32.1 Å². The zero-order chi connectivity index (χ0) is 12.5. The van der Waals surface area contributed by atoms with Crippen LogP contribution in [0.4, 0.5) is 0 Å². The lowest BCUT2D eigenvalue weighted by molar-refractivity contribution is -0.142. The summed E-state index contributed by atoms with van der Waals surface area (Å²) >= 11 is 0. The first-order valence-corrected chi connectivity index (χ1v) is 7.43. The third kappa shape index (κ3) is 2.46. The molecule has 2 rings (SSSR count). The number of rotatable bonds is 3. The highest BCUT2D eigenvalue weighted by Gasteiger charge is 2.40. The van der Waals surface area contributed by atoms with E-state index in [-0.39, 0.29) is 0 Å². The Morgan fingerprint density at radius 1 is 1.06 bits per heavy atom. The van der Waals surface area contributed by atoms with E-state index in [1.807, 2.05) is 0 Å². The summed E-state index contributed by atoms with van der Waals surface area (Å²) in [5, 5.41) is 9.09. The van der Waals surface area contributed by atoms with Crippen molar-refractivity contribution in [3.05, 3.63) is 0 Å². The Morgan fingerprint density at radius 3 is 2.24 bits per heavy atom. The van der Waals surface area contributed by atoms with Gasteiger partial charge in [0.05, 0.1) is 0 Å². The van der Waals surface area contributed by atoms with Gasteiger partial charge >= 0.3 is 5.97 Å². The summed E-state index contributed by atoms with van der Waals surface area (Å²) in [6, 6.07) is -0.880. The van der Waals surface area contributed by atoms with E-state index in [4.69, 9.17) is 5.11 Å². The molecule has 6 nitrogen and oxygen atoms in total. The van der Waals surface area contributed by atoms with Crippen molar-refractivity contribution >= 4 is 16.2 Å². The Morgan fingerprint density at radius 2 is 1.65 bits per heavy atom. The van der Waals surface area contributed by atoms with Gasteiger partial charge in [0.1, 0.15) is 6.04 Å². The van der Waals surface area contributed by atoms with Crippen LogP contribution < -0.4 is 0 Å². The normalized spacial score (nSPS) is 28.4. The number of hydrogen-bond acceptors (Lipinski definition) is 3. The molecule has 1 atom stereocenters. The van der Waals surface area contributed by atoms with E-state index < -0.39 is 22.2 Å². The van der Waals surface area contributed by atoms with E-state index in [9.17, 15) is 13.2 Å². The fraction of sp³-hybridized carbons (Fsp3) is 0.900. The Balaban J connectivity index is 2.20. The molecule has 2 saturated heterocycles. The third-order valence-electron chi connectivity index (χ3n) is 3.43. The largest absolute Gasteiger partial charge is 0.480 e. The first-order valence-electron chi connectivity index (χ1n) is 6.03. The van der Waals surface area contributed by atoms with Gasteiger partial charge < -0.3 is 5.11 Å². The average Bonchev–Trinajstić information content (AvgIpc) is 2.83. The predicted octanol–water partition coefficient (Wildman–Crippen LogP) is 0.266. The Kier molecular flexibility index (Phi) is 3.70. The summed E-state index contributed by atoms with van der Waals surface area (Å²) in [6.07, 6.45) is 3.68. The molecular formula is C10H18N2O4S. The highest BCUT2D eigenvalue weighted by Crippen LogP contribution is 2.25. The summed E-state index contributed by atoms with van der Waals surface area (Å²) in [4.78, 5) is 11.1. The van der Waals surface area contributed by atoms with Gasteiger partial charge in [-0.05, 0) is 32.1 Å². The number of carboxylic acids is 1. The third-order valence-corrected chi connectivity index (χ3v) is 5.47. The van der Waals surface area contributed by atoms with E-state index in [0.29, 0.717) is 26.1 Å². The van der Waals surface area contributed by atoms with Gasteiger partial charge in [-0.25, -0.2) is 0 Å². The van der Waals surface area contributed by atoms with Crippen molar-refractivity contribution in [1.82, 2.24) is 8.61 Å². The number of piperidine rings is 1. The highest BCUT2D eigenvalue weighted by atomic mass is 32.2. The molecule has 0 aromatic rings. The van der Waals surface area contributed by atoms with Crippen molar-refractivity contribution in [2.75, 3.05) is 19.6 Å². The van der Waals surface area contributed by atoms with E-state index in [2.05, 4.69) is 0 Å². The second kappa shape index (κ2) is 4.91. The van der Waals surface area contributed by atoms with E-state index in [1.165, 1.54) is 8.61 Å². The lowest BCUT2D eigenvalue weighted by Crippen LogP contribution is -2.52. The van der Waals surface area contributed by atoms with Gasteiger partial charge in [0.25, 0.3) is 10.2 Å². The highest BCUT2D eigenvalue weighted by molar-refractivity contribution is 7.86. The molecule has 0 saturated carbocycles. The SMILES string of the molecule is O=C(O)C1CCCCN1S(=O)(=O)N1CCCC1. The molecule has 17 heavy (non-hydrogen) atoms. The molecule has 2 heterocycles. The van der Waals surface area contributed by atoms with Gasteiger partial charge in [-0.15, -0.1) is 0 Å². The van der Waals surface area contributed by atoms with E-state index in [0.717, 1.165) is 25.7 Å². The number of carboxylic acid groups (broad SMARTS) is 1. The van der Waals surface area contributed by atoms with Gasteiger partial charge in [-0.3, -0.25) is 4.79 Å². The molecule has 0 bridgehead atoms. The van der Waals surface area contributed by atoms with Crippen molar-refractivity contribution in [3.63, 3.8) is 0 Å². The number of hydrogen-bond donors (Lipinski definition) is 1. The molecule has 7 heteroatoms. The Bertz CT molecular complexity index is 389. The number of aliphatic carboxylic acids is 1. The second-order valence-electron chi connectivity index (χ2n) is 4.57. The molecule has 2 aliphatic rings. The van der Waals surface area contributed by atoms with Crippen molar-refractivity contribution in [2.24, 2.45) is 0 Å². The minimum absolute atomic E-state index is 0.329. The number of carbonyl (C=O) groups is 1. The first-order chi connectivity index (χ1) is 8.03. The monoisotopic (exact) mass is 262 g/mol. The van der Waals surface area contributed by atoms with Crippen molar-refractivity contribution in [1.29, 1.82) is 0 Å². The molecule has 2 aliphatic heterocycles. The zero-order valence-corrected chi connectivity index (χ0v) is 10.5. The molecule has 1 unspecified atom stereocenters. The van der Waals surface area contributed by atoms with Crippen LogP contribution in [0.2, 0.25) is 0 Å². The quantitative estimate of drug-likeness (QED) is 0.791. The fourth-order valence-corrected chi connectivity index (χ4v) is 4.39. The summed E-state index contributed by atoms with van der Waals surface area (Å²) in [5.41, 5.74) is 0.